The number of urea groups is 1. The molecule has 2 amide bonds. The lowest BCUT2D eigenvalue weighted by Crippen LogP contribution is -2.39. The number of amides is 2. The fourth-order valence-corrected chi connectivity index (χ4v) is 2.97. The van der Waals surface area contributed by atoms with E-state index in [1.54, 1.807) is 0 Å². The summed E-state index contributed by atoms with van der Waals surface area (Å²) in [6.07, 6.45) is 1.81. The highest BCUT2D eigenvalue weighted by atomic mass is 16.2. The third kappa shape index (κ3) is 5.60. The minimum absolute atomic E-state index is 0.0358. The third-order valence-electron chi connectivity index (χ3n) is 4.55. The highest BCUT2D eigenvalue weighted by Gasteiger charge is 2.17. The molecule has 2 aromatic carbocycles. The van der Waals surface area contributed by atoms with Crippen LogP contribution in [0, 0.1) is 0 Å². The summed E-state index contributed by atoms with van der Waals surface area (Å²) in [6.45, 7) is 6.37. The van der Waals surface area contributed by atoms with Gasteiger partial charge in [0.1, 0.15) is 0 Å². The van der Waals surface area contributed by atoms with Crippen LogP contribution in [-0.4, -0.2) is 43.0 Å². The second-order valence-corrected chi connectivity index (χ2v) is 6.80. The Labute approximate surface area is 157 Å². The zero-order chi connectivity index (χ0) is 18.9. The first-order valence-corrected chi connectivity index (χ1v) is 9.40. The Morgan fingerprint density at radius 2 is 1.50 bits per heavy atom. The Hall–Kier alpha value is -2.33. The first-order valence-electron chi connectivity index (χ1n) is 9.40. The van der Waals surface area contributed by atoms with Crippen LogP contribution in [0.1, 0.15) is 30.5 Å². The largest absolute Gasteiger partial charge is 0.322 e. The van der Waals surface area contributed by atoms with Crippen molar-refractivity contribution in [1.82, 2.24) is 9.80 Å². The third-order valence-corrected chi connectivity index (χ3v) is 4.55. The van der Waals surface area contributed by atoms with Crippen molar-refractivity contribution >= 4 is 11.7 Å². The predicted octanol–water partition coefficient (Wildman–Crippen LogP) is 4.41. The van der Waals surface area contributed by atoms with Crippen molar-refractivity contribution in [3.8, 4) is 0 Å². The van der Waals surface area contributed by atoms with Crippen LogP contribution in [0.15, 0.2) is 48.5 Å². The Kier molecular flexibility index (Phi) is 7.67. The molecule has 1 N–H and O–H groups in total. The van der Waals surface area contributed by atoms with Crippen LogP contribution in [0.3, 0.4) is 0 Å². The van der Waals surface area contributed by atoms with Crippen LogP contribution in [-0.2, 0) is 19.4 Å². The van der Waals surface area contributed by atoms with Crippen molar-refractivity contribution in [2.45, 2.75) is 33.2 Å². The standard InChI is InChI=1S/C22H31N3O/c1-5-19-13-10-14-20(6-2)21(19)23-22(26)25(16-15-24(3)4)17-18-11-8-7-9-12-18/h7-14H,5-6,15-17H2,1-4H3,(H,23,26). The zero-order valence-corrected chi connectivity index (χ0v) is 16.5. The predicted molar refractivity (Wildman–Crippen MR) is 110 cm³/mol. The molecular formula is C22H31N3O. The topological polar surface area (TPSA) is 35.6 Å². The van der Waals surface area contributed by atoms with Crippen LogP contribution in [0.2, 0.25) is 0 Å². The number of para-hydroxylation sites is 1. The summed E-state index contributed by atoms with van der Waals surface area (Å²) >= 11 is 0. The average molecular weight is 354 g/mol. The summed E-state index contributed by atoms with van der Waals surface area (Å²) < 4.78 is 0. The Morgan fingerprint density at radius 1 is 0.885 bits per heavy atom. The number of nitrogens with zero attached hydrogens (tertiary/aromatic N) is 2. The molecule has 140 valence electrons. The molecule has 2 rings (SSSR count). The molecule has 0 saturated carbocycles. The van der Waals surface area contributed by atoms with Crippen molar-refractivity contribution in [2.75, 3.05) is 32.5 Å². The van der Waals surface area contributed by atoms with Gasteiger partial charge in [-0.05, 0) is 43.6 Å². The van der Waals surface area contributed by atoms with Crippen LogP contribution in [0.25, 0.3) is 0 Å². The van der Waals surface area contributed by atoms with Crippen LogP contribution in [0.5, 0.6) is 0 Å². The monoisotopic (exact) mass is 353 g/mol. The molecule has 0 bridgehead atoms. The highest BCUT2D eigenvalue weighted by Crippen LogP contribution is 2.23. The molecule has 4 nitrogen and oxygen atoms in total. The quantitative estimate of drug-likeness (QED) is 0.763. The number of rotatable bonds is 8. The van der Waals surface area contributed by atoms with E-state index in [-0.39, 0.29) is 6.03 Å². The number of benzene rings is 2. The molecule has 0 heterocycles. The van der Waals surface area contributed by atoms with Gasteiger partial charge in [0, 0.05) is 25.3 Å². The smallest absolute Gasteiger partial charge is 0.319 e. The van der Waals surface area contributed by atoms with Gasteiger partial charge in [-0.3, -0.25) is 0 Å². The number of nitrogens with one attached hydrogen (secondary N) is 1. The van der Waals surface area contributed by atoms with Gasteiger partial charge >= 0.3 is 6.03 Å². The van der Waals surface area contributed by atoms with Crippen LogP contribution < -0.4 is 5.32 Å². The maximum absolute atomic E-state index is 13.1. The number of likely N-dealkylation sites (N-methyl/N-ethyl adjacent to an activating group) is 1. The molecule has 0 aliphatic rings. The van der Waals surface area contributed by atoms with E-state index in [0.717, 1.165) is 30.6 Å². The van der Waals surface area contributed by atoms with Gasteiger partial charge in [-0.25, -0.2) is 4.79 Å². The van der Waals surface area contributed by atoms with E-state index >= 15 is 0 Å². The van der Waals surface area contributed by atoms with E-state index in [4.69, 9.17) is 0 Å². The first kappa shape index (κ1) is 20.0. The number of carbonyl (C=O) groups is 1. The van der Waals surface area contributed by atoms with Gasteiger partial charge in [0.25, 0.3) is 0 Å². The molecular weight excluding hydrogens is 322 g/mol. The molecule has 0 aromatic heterocycles. The molecule has 26 heavy (non-hydrogen) atoms. The molecule has 0 atom stereocenters. The lowest BCUT2D eigenvalue weighted by atomic mass is 10.0. The Balaban J connectivity index is 2.20. The SMILES string of the molecule is CCc1cccc(CC)c1NC(=O)N(CCN(C)C)Cc1ccccc1. The number of hydrogen-bond acceptors (Lipinski definition) is 2. The number of hydrogen-bond donors (Lipinski definition) is 1. The molecule has 2 aromatic rings. The minimum atomic E-state index is -0.0358. The van der Waals surface area contributed by atoms with Crippen molar-refractivity contribution < 1.29 is 4.79 Å². The van der Waals surface area contributed by atoms with Gasteiger partial charge in [-0.1, -0.05) is 62.4 Å². The Bertz CT molecular complexity index is 676. The van der Waals surface area contributed by atoms with E-state index in [1.165, 1.54) is 11.1 Å². The molecule has 4 heteroatoms. The van der Waals surface area contributed by atoms with Crippen molar-refractivity contribution in [3.63, 3.8) is 0 Å². The summed E-state index contributed by atoms with van der Waals surface area (Å²) in [6, 6.07) is 16.4. The van der Waals surface area contributed by atoms with Gasteiger partial charge in [0.2, 0.25) is 0 Å². The first-order chi connectivity index (χ1) is 12.5. The Morgan fingerprint density at radius 3 is 2.04 bits per heavy atom. The van der Waals surface area contributed by atoms with E-state index in [2.05, 4.69) is 54.4 Å². The van der Waals surface area contributed by atoms with Gasteiger partial charge in [-0.15, -0.1) is 0 Å². The van der Waals surface area contributed by atoms with Gasteiger partial charge < -0.3 is 15.1 Å². The summed E-state index contributed by atoms with van der Waals surface area (Å²) in [7, 11) is 4.06. The van der Waals surface area contributed by atoms with Crippen molar-refractivity contribution in [3.05, 3.63) is 65.2 Å². The van der Waals surface area contributed by atoms with Gasteiger partial charge in [0.15, 0.2) is 0 Å². The zero-order valence-electron chi connectivity index (χ0n) is 16.5. The molecule has 0 fully saturated rings. The van der Waals surface area contributed by atoms with Gasteiger partial charge in [-0.2, -0.15) is 0 Å². The van der Waals surface area contributed by atoms with Gasteiger partial charge in [0.05, 0.1) is 0 Å². The fraction of sp³-hybridized carbons (Fsp3) is 0.409. The van der Waals surface area contributed by atoms with Crippen LogP contribution in [0.4, 0.5) is 10.5 Å². The number of aryl methyl sites for hydroxylation is 2. The van der Waals surface area contributed by atoms with E-state index < -0.39 is 0 Å². The van der Waals surface area contributed by atoms with E-state index in [1.807, 2.05) is 37.2 Å². The lowest BCUT2D eigenvalue weighted by molar-refractivity contribution is 0.202. The number of carbonyl (C=O) groups excluding carboxylic acids is 1. The summed E-state index contributed by atoms with van der Waals surface area (Å²) in [4.78, 5) is 17.1. The second kappa shape index (κ2) is 9.97. The minimum Gasteiger partial charge on any atom is -0.319 e. The molecule has 0 aliphatic carbocycles. The normalized spacial score (nSPS) is 10.8. The maximum atomic E-state index is 13.1. The second-order valence-electron chi connectivity index (χ2n) is 6.80. The molecule has 0 spiro atoms. The fourth-order valence-electron chi connectivity index (χ4n) is 2.97. The highest BCUT2D eigenvalue weighted by molar-refractivity contribution is 5.91. The molecule has 0 aliphatic heterocycles. The number of anilines is 1. The maximum Gasteiger partial charge on any atom is 0.322 e. The lowest BCUT2D eigenvalue weighted by Gasteiger charge is -2.26. The van der Waals surface area contributed by atoms with Crippen molar-refractivity contribution in [1.29, 1.82) is 0 Å². The summed E-state index contributed by atoms with van der Waals surface area (Å²) in [5, 5.41) is 3.19. The molecule has 0 saturated heterocycles. The van der Waals surface area contributed by atoms with Crippen molar-refractivity contribution in [2.24, 2.45) is 0 Å². The molecule has 0 radical (unpaired) electrons. The van der Waals surface area contributed by atoms with E-state index in [9.17, 15) is 4.79 Å². The van der Waals surface area contributed by atoms with E-state index in [0.29, 0.717) is 13.1 Å². The summed E-state index contributed by atoms with van der Waals surface area (Å²) in [5.74, 6) is 0. The molecule has 0 unspecified atom stereocenters. The summed E-state index contributed by atoms with van der Waals surface area (Å²) in [5.41, 5.74) is 4.49. The van der Waals surface area contributed by atoms with Crippen LogP contribution >= 0.6 is 0 Å². The average Bonchev–Trinajstić information content (AvgIpc) is 2.65.